The summed E-state index contributed by atoms with van der Waals surface area (Å²) in [6.07, 6.45) is 0. The molecule has 1 aliphatic rings. The first-order valence-electron chi connectivity index (χ1n) is 32.9. The summed E-state index contributed by atoms with van der Waals surface area (Å²) in [5.41, 5.74) is -23.1. The summed E-state index contributed by atoms with van der Waals surface area (Å²) in [6.45, 7) is 29.1. The third-order valence-corrected chi connectivity index (χ3v) is 17.5. The van der Waals surface area contributed by atoms with E-state index in [1.54, 1.807) is 72.8 Å². The molecule has 588 valence electrons. The van der Waals surface area contributed by atoms with E-state index in [1.165, 1.54) is 0 Å². The summed E-state index contributed by atoms with van der Waals surface area (Å²) in [6, 6.07) is 37.1. The lowest BCUT2D eigenvalue weighted by atomic mass is 9.99. The summed E-state index contributed by atoms with van der Waals surface area (Å²) in [7, 11) is 0. The van der Waals surface area contributed by atoms with Gasteiger partial charge in [0.2, 0.25) is 22.6 Å². The van der Waals surface area contributed by atoms with E-state index >= 15 is 26.3 Å². The Balaban J connectivity index is 0.000000173. The average Bonchev–Trinajstić information content (AvgIpc) is 1.50. The Bertz CT molecular complexity index is 7790. The molecule has 0 spiro atoms. The van der Waals surface area contributed by atoms with Crippen molar-refractivity contribution in [2.45, 2.75) is 0 Å². The summed E-state index contributed by atoms with van der Waals surface area (Å²) in [5, 5.41) is 169. The molecule has 46 heteroatoms. The Labute approximate surface area is 699 Å². The zero-order valence-electron chi connectivity index (χ0n) is 61.2. The molecule has 0 atom stereocenters. The van der Waals surface area contributed by atoms with Crippen LogP contribution in [0.3, 0.4) is 0 Å². The molecule has 6 heterocycles. The van der Waals surface area contributed by atoms with Gasteiger partial charge in [0.25, 0.3) is 5.82 Å². The average molecular weight is 1700 g/mol. The maximum absolute atomic E-state index is 15.0. The van der Waals surface area contributed by atoms with Gasteiger partial charge in [0.1, 0.15) is 159 Å². The molecule has 0 aliphatic heterocycles. The minimum Gasteiger partial charge on any atom is -0.394 e. The second-order valence-electron chi connectivity index (χ2n) is 23.9. The lowest BCUT2D eigenvalue weighted by molar-refractivity contribution is 0.446. The fourth-order valence-corrected chi connectivity index (χ4v) is 12.1. The minimum absolute atomic E-state index is 0.00714. The molecule has 1 fully saturated rings. The van der Waals surface area contributed by atoms with Crippen LogP contribution < -0.4 is 10.4 Å². The maximum atomic E-state index is 15.0. The third kappa shape index (κ3) is 14.2. The molecule has 0 N–H and O–H groups in total. The van der Waals surface area contributed by atoms with E-state index in [-0.39, 0.29) is 146 Å². The van der Waals surface area contributed by atoms with Gasteiger partial charge < -0.3 is 19.4 Å². The van der Waals surface area contributed by atoms with Crippen LogP contribution in [0.5, 0.6) is 0 Å². The molecule has 0 saturated heterocycles. The highest BCUT2D eigenvalue weighted by molar-refractivity contribution is 6.27. The normalized spacial score (nSPS) is 10.3. The van der Waals surface area contributed by atoms with Gasteiger partial charge in [-0.15, -0.1) is 26.5 Å². The Kier molecular flexibility index (Phi) is 23.6. The van der Waals surface area contributed by atoms with E-state index in [2.05, 4.69) is 79.2 Å². The monoisotopic (exact) mass is 1690 g/mol. The van der Waals surface area contributed by atoms with Crippen LogP contribution in [-0.4, -0.2) is 59.8 Å². The van der Waals surface area contributed by atoms with E-state index in [1.807, 2.05) is 36.4 Å². The van der Waals surface area contributed by atoms with Crippen molar-refractivity contribution >= 4 is 128 Å². The van der Waals surface area contributed by atoms with Crippen molar-refractivity contribution in [3.05, 3.63) is 258 Å². The lowest BCUT2D eigenvalue weighted by Gasteiger charge is -2.09. The molecule has 1 saturated carbocycles. The Hall–Kier alpha value is -22.3. The van der Waals surface area contributed by atoms with Gasteiger partial charge in [0.05, 0.1) is 60.6 Å². The summed E-state index contributed by atoms with van der Waals surface area (Å²) in [4.78, 5) is 61.5. The van der Waals surface area contributed by atoms with E-state index in [9.17, 15) is 84.2 Å². The number of benzene rings is 7. The van der Waals surface area contributed by atoms with Crippen LogP contribution >= 0.6 is 0 Å². The number of aromatic nitrogens is 12. The van der Waals surface area contributed by atoms with Crippen LogP contribution in [0, 0.1) is 300 Å². The summed E-state index contributed by atoms with van der Waals surface area (Å²) < 4.78 is 177. The highest BCUT2D eigenvalue weighted by Crippen LogP contribution is 2.58. The van der Waals surface area contributed by atoms with E-state index in [4.69, 9.17) is 63.1 Å². The van der Waals surface area contributed by atoms with Crippen molar-refractivity contribution in [2.75, 3.05) is 0 Å². The Morgan fingerprint density at radius 2 is 0.539 bits per heavy atom. The van der Waals surface area contributed by atoms with Gasteiger partial charge in [-0.1, -0.05) is 49.0 Å². The molecule has 1 aliphatic carbocycles. The number of nitriles is 18. The first-order chi connectivity index (χ1) is 61.5. The number of halogens is 12. The van der Waals surface area contributed by atoms with Gasteiger partial charge in [-0.2, -0.15) is 99.7 Å². The van der Waals surface area contributed by atoms with Crippen molar-refractivity contribution in [1.82, 2.24) is 59.8 Å². The highest BCUT2D eigenvalue weighted by Gasteiger charge is 2.47. The number of rotatable bonds is 3. The Morgan fingerprint density at radius 3 is 0.820 bits per heavy atom. The van der Waals surface area contributed by atoms with Crippen molar-refractivity contribution < 1.29 is 52.7 Å². The summed E-state index contributed by atoms with van der Waals surface area (Å²) >= 11 is 0. The molecule has 6 aromatic heterocycles. The number of allylic oxidation sites excluding steroid dienone is 6. The van der Waals surface area contributed by atoms with E-state index in [0.29, 0.717) is 10.4 Å². The molecule has 7 aromatic carbocycles. The van der Waals surface area contributed by atoms with Crippen LogP contribution in [0.15, 0.2) is 53.1 Å². The molecule has 128 heavy (non-hydrogen) atoms. The highest BCUT2D eigenvalue weighted by atomic mass is 19.2. The second-order valence-corrected chi connectivity index (χ2v) is 23.9. The standard InChI is InChI=1S/C30F12N6.2C18N12.C16H6N4/c31-19-10(4-46)20(32)26(38)16(25(19)37)7(1-43)13-14(8(2-44)17-27(39)21(33)11(5-47)22(34)28(17)40)15(13)9(3-45)18-29(41)23(35)12(6-48)24(36)30(18)42;1-23-17-13-15(28-10(6-22)29-17)11-7(3-19)25-9(5-21)27-14(11)12-8(4-20)26-18(24-2)30-16(12)13;1-23-17-9(5-21)27-13-11-12(26-8(4-20)7(3-19)25-11)14-16(15(13)29-17)30-18(24-2)10(6-22)28-14;17-7-15(8-18)13-3-1-11-5-14(16(9-19)10-20)4-2-12(11)6-13/h;;;1-6H. The maximum Gasteiger partial charge on any atom is 0.373 e. The molecule has 0 radical (unpaired) electrons. The molecule has 0 amide bonds. The predicted octanol–water partition coefficient (Wildman–Crippen LogP) is 12.7. The van der Waals surface area contributed by atoms with Crippen LogP contribution in [0.4, 0.5) is 76.1 Å². The first-order valence-corrected chi connectivity index (χ1v) is 32.9. The molecular formula is C82H6F12N34. The molecule has 0 unspecified atom stereocenters. The minimum atomic E-state index is -2.53. The van der Waals surface area contributed by atoms with Crippen molar-refractivity contribution in [3.8, 4) is 109 Å². The van der Waals surface area contributed by atoms with Crippen molar-refractivity contribution in [2.24, 2.45) is 0 Å². The smallest absolute Gasteiger partial charge is 0.373 e. The second kappa shape index (κ2) is 34.9. The molecule has 14 rings (SSSR count). The van der Waals surface area contributed by atoms with Gasteiger partial charge >= 0.3 is 23.4 Å². The van der Waals surface area contributed by atoms with Gasteiger partial charge in [-0.05, 0) is 22.9 Å². The van der Waals surface area contributed by atoms with Gasteiger partial charge in [-0.25, -0.2) is 82.6 Å². The lowest BCUT2D eigenvalue weighted by Crippen LogP contribution is -2.06. The fourth-order valence-electron chi connectivity index (χ4n) is 12.1. The van der Waals surface area contributed by atoms with Gasteiger partial charge in [0.15, 0.2) is 104 Å². The van der Waals surface area contributed by atoms with Crippen LogP contribution in [-0.2, 0) is 0 Å². The van der Waals surface area contributed by atoms with E-state index in [0.717, 1.165) is 47.2 Å². The van der Waals surface area contributed by atoms with Crippen LogP contribution in [0.25, 0.3) is 124 Å². The van der Waals surface area contributed by atoms with E-state index < -0.39 is 137 Å². The SMILES string of the molecule is N#CC(=C1C(=C(C#N)c2c(F)c(F)c(C#N)c(F)c2F)C1=C(C#N)c1c(F)c(F)c(C#N)c(F)c1F)c1c(F)c(F)c(C#N)c(F)c1F.N#CC(C#N)=c1ccc2cc(=C(C#N)C#N)ccc2c1.[C-]#[N+]c1nc(C#N)c2c3nc(C#N)nc(C#N)c3c3nc(C#N)nc([N+]#[C-])c3c2n1.[C-]#[N+]c1nc2c(nc1C#N)c1nc(C#N)c(C#N)nc1c1nc(C#N)c([N+]#[C-])nc12. The molecule has 13 aromatic rings. The quantitative estimate of drug-likeness (QED) is 0.0521. The number of hydrogen-bond donors (Lipinski definition) is 0. The fraction of sp³-hybridized carbons (Fsp3) is 0. The Morgan fingerprint density at radius 1 is 0.250 bits per heavy atom. The molecule has 34 nitrogen and oxygen atoms in total. The summed E-state index contributed by atoms with van der Waals surface area (Å²) in [5.74, 6) is -31.8. The topological polar surface area (TPSA) is 600 Å². The predicted molar refractivity (Wildman–Crippen MR) is 397 cm³/mol. The van der Waals surface area contributed by atoms with Crippen LogP contribution in [0.2, 0.25) is 0 Å². The third-order valence-electron chi connectivity index (χ3n) is 17.5. The number of hydrogen-bond acceptors (Lipinski definition) is 30. The molecular weight excluding hydrogens is 1690 g/mol. The van der Waals surface area contributed by atoms with Crippen molar-refractivity contribution in [1.29, 1.82) is 94.7 Å². The first kappa shape index (κ1) is 86.6. The molecule has 0 bridgehead atoms. The number of fused-ring (bicyclic) bond motifs is 13. The largest absolute Gasteiger partial charge is 0.394 e. The number of nitrogens with zero attached hydrogens (tertiary/aromatic N) is 34. The van der Waals surface area contributed by atoms with Crippen LogP contribution in [0.1, 0.15) is 79.2 Å². The van der Waals surface area contributed by atoms with Gasteiger partial charge in [-0.3, -0.25) is 0 Å². The van der Waals surface area contributed by atoms with Crippen molar-refractivity contribution in [3.63, 3.8) is 0 Å². The zero-order chi connectivity index (χ0) is 93.5. The zero-order valence-corrected chi connectivity index (χ0v) is 61.2. The van der Waals surface area contributed by atoms with Gasteiger partial charge in [0, 0.05) is 27.2 Å².